The summed E-state index contributed by atoms with van der Waals surface area (Å²) in [5, 5.41) is 9.52. The van der Waals surface area contributed by atoms with Gasteiger partial charge in [-0.15, -0.1) is 0 Å². The van der Waals surface area contributed by atoms with Gasteiger partial charge in [-0.05, 0) is 19.8 Å². The monoisotopic (exact) mass is 246 g/mol. The van der Waals surface area contributed by atoms with Crippen LogP contribution in [0.2, 0.25) is 0 Å². The molecule has 1 saturated carbocycles. The molecule has 0 unspecified atom stereocenters. The molecule has 18 heavy (non-hydrogen) atoms. The quantitative estimate of drug-likeness (QED) is 0.667. The number of carbonyl (C=O) groups excluding carboxylic acids is 2. The van der Waals surface area contributed by atoms with Crippen LogP contribution < -0.4 is 0 Å². The Balaban J connectivity index is 2.29. The first-order valence-electron chi connectivity index (χ1n) is 6.59. The zero-order valence-electron chi connectivity index (χ0n) is 10.7. The van der Waals surface area contributed by atoms with E-state index in [2.05, 4.69) is 6.07 Å². The normalized spacial score (nSPS) is 24.2. The second-order valence-electron chi connectivity index (χ2n) is 5.22. The Morgan fingerprint density at radius 2 is 1.72 bits per heavy atom. The third kappa shape index (κ3) is 2.05. The molecule has 0 aromatic carbocycles. The third-order valence-electron chi connectivity index (χ3n) is 3.92. The van der Waals surface area contributed by atoms with E-state index in [1.54, 1.807) is 6.92 Å². The van der Waals surface area contributed by atoms with E-state index in [1.165, 1.54) is 17.4 Å². The fourth-order valence-corrected chi connectivity index (χ4v) is 2.87. The van der Waals surface area contributed by atoms with Crippen molar-refractivity contribution in [2.75, 3.05) is 0 Å². The summed E-state index contributed by atoms with van der Waals surface area (Å²) >= 11 is 0. The lowest BCUT2D eigenvalue weighted by Crippen LogP contribution is -2.51. The Morgan fingerprint density at radius 1 is 1.17 bits per heavy atom. The maximum atomic E-state index is 12.1. The van der Waals surface area contributed by atoms with Crippen LogP contribution in [0.25, 0.3) is 0 Å². The molecule has 4 heteroatoms. The fraction of sp³-hybridized carbons (Fsp3) is 0.643. The van der Waals surface area contributed by atoms with Crippen molar-refractivity contribution >= 4 is 11.8 Å². The molecule has 96 valence electrons. The molecule has 1 fully saturated rings. The van der Waals surface area contributed by atoms with E-state index in [0.717, 1.165) is 25.7 Å². The summed E-state index contributed by atoms with van der Waals surface area (Å²) in [6.45, 7) is 1.63. The molecule has 2 rings (SSSR count). The minimum absolute atomic E-state index is 0.290. The number of nitrogens with zero attached hydrogens (tertiary/aromatic N) is 2. The number of imide groups is 1. The summed E-state index contributed by atoms with van der Waals surface area (Å²) in [4.78, 5) is 25.2. The highest BCUT2D eigenvalue weighted by Gasteiger charge is 2.46. The molecule has 1 aliphatic carbocycles. The van der Waals surface area contributed by atoms with Gasteiger partial charge < -0.3 is 0 Å². The molecule has 4 nitrogen and oxygen atoms in total. The second kappa shape index (κ2) is 4.93. The minimum Gasteiger partial charge on any atom is -0.269 e. The summed E-state index contributed by atoms with van der Waals surface area (Å²) in [6, 6.07) is 2.26. The molecule has 2 amide bonds. The standard InChI is InChI=1S/C14H18N2O2/c1-11-9-12(17)16(13(11)18)14(10-15)7-5-3-2-4-6-8-14/h9H,2-8H2,1H3. The molecule has 1 aliphatic heterocycles. The zero-order valence-corrected chi connectivity index (χ0v) is 10.7. The van der Waals surface area contributed by atoms with E-state index in [-0.39, 0.29) is 11.8 Å². The Kier molecular flexibility index (Phi) is 3.51. The third-order valence-corrected chi connectivity index (χ3v) is 3.92. The predicted molar refractivity (Wildman–Crippen MR) is 66.3 cm³/mol. The van der Waals surface area contributed by atoms with Gasteiger partial charge in [0.1, 0.15) is 5.54 Å². The average Bonchev–Trinajstić information content (AvgIpc) is 2.56. The topological polar surface area (TPSA) is 61.2 Å². The van der Waals surface area contributed by atoms with E-state index in [4.69, 9.17) is 0 Å². The largest absolute Gasteiger partial charge is 0.269 e. The molecule has 0 aromatic heterocycles. The van der Waals surface area contributed by atoms with Gasteiger partial charge in [-0.25, -0.2) is 0 Å². The lowest BCUT2D eigenvalue weighted by Gasteiger charge is -2.36. The van der Waals surface area contributed by atoms with Crippen LogP contribution in [-0.4, -0.2) is 22.3 Å². The van der Waals surface area contributed by atoms with Crippen LogP contribution in [0.15, 0.2) is 11.6 Å². The van der Waals surface area contributed by atoms with Gasteiger partial charge in [-0.1, -0.05) is 32.1 Å². The van der Waals surface area contributed by atoms with Gasteiger partial charge in [0.25, 0.3) is 11.8 Å². The molecular formula is C14H18N2O2. The smallest absolute Gasteiger partial charge is 0.257 e. The van der Waals surface area contributed by atoms with Crippen LogP contribution in [0.1, 0.15) is 51.9 Å². The van der Waals surface area contributed by atoms with Crippen LogP contribution in [-0.2, 0) is 9.59 Å². The number of amides is 2. The second-order valence-corrected chi connectivity index (χ2v) is 5.22. The van der Waals surface area contributed by atoms with Crippen LogP contribution in [0, 0.1) is 11.3 Å². The number of carbonyl (C=O) groups is 2. The Morgan fingerprint density at radius 3 is 2.17 bits per heavy atom. The van der Waals surface area contributed by atoms with Gasteiger partial charge in [-0.2, -0.15) is 5.26 Å². The van der Waals surface area contributed by atoms with Gasteiger partial charge in [0, 0.05) is 11.6 Å². The van der Waals surface area contributed by atoms with Gasteiger partial charge in [0.05, 0.1) is 6.07 Å². The number of hydrogen-bond acceptors (Lipinski definition) is 3. The molecule has 0 N–H and O–H groups in total. The van der Waals surface area contributed by atoms with Gasteiger partial charge >= 0.3 is 0 Å². The molecule has 0 aromatic rings. The van der Waals surface area contributed by atoms with Crippen molar-refractivity contribution in [1.82, 2.24) is 4.90 Å². The van der Waals surface area contributed by atoms with Crippen molar-refractivity contribution in [1.29, 1.82) is 5.26 Å². The van der Waals surface area contributed by atoms with Crippen LogP contribution in [0.3, 0.4) is 0 Å². The maximum absolute atomic E-state index is 12.1. The molecule has 2 aliphatic rings. The fourth-order valence-electron chi connectivity index (χ4n) is 2.87. The highest BCUT2D eigenvalue weighted by molar-refractivity contribution is 6.16. The number of rotatable bonds is 1. The van der Waals surface area contributed by atoms with E-state index < -0.39 is 5.54 Å². The van der Waals surface area contributed by atoms with Crippen molar-refractivity contribution in [3.63, 3.8) is 0 Å². The highest BCUT2D eigenvalue weighted by atomic mass is 16.2. The van der Waals surface area contributed by atoms with E-state index in [9.17, 15) is 14.9 Å². The number of hydrogen-bond donors (Lipinski definition) is 0. The summed E-state index contributed by atoms with van der Waals surface area (Å²) < 4.78 is 0. The molecule has 1 heterocycles. The molecule has 0 spiro atoms. The predicted octanol–water partition coefficient (Wildman–Crippen LogP) is 2.31. The Hall–Kier alpha value is -1.63. The van der Waals surface area contributed by atoms with Crippen molar-refractivity contribution in [2.45, 2.75) is 57.4 Å². The summed E-state index contributed by atoms with van der Waals surface area (Å²) in [6.07, 6.45) is 7.72. The first-order valence-corrected chi connectivity index (χ1v) is 6.59. The van der Waals surface area contributed by atoms with Crippen molar-refractivity contribution < 1.29 is 9.59 Å². The summed E-state index contributed by atoms with van der Waals surface area (Å²) in [5.41, 5.74) is -0.472. The van der Waals surface area contributed by atoms with Crippen molar-refractivity contribution in [3.8, 4) is 6.07 Å². The SMILES string of the molecule is CC1=CC(=O)N(C2(C#N)CCCCCCC2)C1=O. The summed E-state index contributed by atoms with van der Waals surface area (Å²) in [5.74, 6) is -0.609. The molecule has 0 atom stereocenters. The number of nitriles is 1. The lowest BCUT2D eigenvalue weighted by molar-refractivity contribution is -0.143. The lowest BCUT2D eigenvalue weighted by atomic mass is 9.83. The van der Waals surface area contributed by atoms with Gasteiger partial charge in [-0.3, -0.25) is 14.5 Å². The van der Waals surface area contributed by atoms with Gasteiger partial charge in [0.15, 0.2) is 0 Å². The zero-order chi connectivity index (χ0) is 13.2. The molecular weight excluding hydrogens is 228 g/mol. The molecule has 0 bridgehead atoms. The van der Waals surface area contributed by atoms with Crippen molar-refractivity contribution in [2.24, 2.45) is 0 Å². The first kappa shape index (κ1) is 12.8. The van der Waals surface area contributed by atoms with Crippen molar-refractivity contribution in [3.05, 3.63) is 11.6 Å². The van der Waals surface area contributed by atoms with Crippen LogP contribution in [0.4, 0.5) is 0 Å². The average molecular weight is 246 g/mol. The minimum atomic E-state index is -0.914. The highest BCUT2D eigenvalue weighted by Crippen LogP contribution is 2.34. The summed E-state index contributed by atoms with van der Waals surface area (Å²) in [7, 11) is 0. The van der Waals surface area contributed by atoms with Crippen LogP contribution >= 0.6 is 0 Å². The Bertz CT molecular complexity index is 437. The van der Waals surface area contributed by atoms with Crippen LogP contribution in [0.5, 0.6) is 0 Å². The first-order chi connectivity index (χ1) is 8.60. The van der Waals surface area contributed by atoms with E-state index in [1.807, 2.05) is 0 Å². The van der Waals surface area contributed by atoms with E-state index in [0.29, 0.717) is 18.4 Å². The Labute approximate surface area is 107 Å². The van der Waals surface area contributed by atoms with Gasteiger partial charge in [0.2, 0.25) is 0 Å². The van der Waals surface area contributed by atoms with E-state index >= 15 is 0 Å². The maximum Gasteiger partial charge on any atom is 0.257 e. The molecule has 0 radical (unpaired) electrons. The molecule has 0 saturated heterocycles.